The fraction of sp³-hybridized carbons (Fsp3) is 0.296. The Morgan fingerprint density at radius 1 is 0.944 bits per heavy atom. The van der Waals surface area contributed by atoms with Crippen LogP contribution >= 0.6 is 0 Å². The minimum absolute atomic E-state index is 0.0990. The summed E-state index contributed by atoms with van der Waals surface area (Å²) in [6, 6.07) is 19.6. The summed E-state index contributed by atoms with van der Waals surface area (Å²) in [5, 5.41) is 0. The van der Waals surface area contributed by atoms with Gasteiger partial charge in [0, 0.05) is 19.6 Å². The maximum absolute atomic E-state index is 12.7. The topological polar surface area (TPSA) is 94.2 Å². The third-order valence-corrected chi connectivity index (χ3v) is 7.61. The van der Waals surface area contributed by atoms with E-state index >= 15 is 0 Å². The van der Waals surface area contributed by atoms with Gasteiger partial charge in [-0.15, -0.1) is 0 Å². The van der Waals surface area contributed by atoms with Crippen molar-refractivity contribution in [3.8, 4) is 17.2 Å². The molecule has 4 rings (SSSR count). The van der Waals surface area contributed by atoms with Gasteiger partial charge in [0.25, 0.3) is 5.91 Å². The summed E-state index contributed by atoms with van der Waals surface area (Å²) in [6.45, 7) is 1.36. The Kier molecular flexibility index (Phi) is 8.12. The van der Waals surface area contributed by atoms with Gasteiger partial charge in [0.1, 0.15) is 5.75 Å². The van der Waals surface area contributed by atoms with Crippen LogP contribution in [0.1, 0.15) is 16.7 Å². The molecule has 0 spiro atoms. The van der Waals surface area contributed by atoms with E-state index in [0.717, 1.165) is 17.5 Å². The number of ether oxygens (including phenoxy) is 3. The zero-order valence-electron chi connectivity index (χ0n) is 20.4. The molecule has 1 N–H and O–H groups in total. The molecule has 1 amide bonds. The van der Waals surface area contributed by atoms with Crippen molar-refractivity contribution in [2.75, 3.05) is 33.9 Å². The number of fused-ring (bicyclic) bond motifs is 1. The molecule has 0 saturated heterocycles. The Balaban J connectivity index is 1.27. The Labute approximate surface area is 211 Å². The average Bonchev–Trinajstić information content (AvgIpc) is 2.91. The summed E-state index contributed by atoms with van der Waals surface area (Å²) < 4.78 is 44.1. The van der Waals surface area contributed by atoms with E-state index in [2.05, 4.69) is 10.8 Å². The molecule has 1 aliphatic heterocycles. The van der Waals surface area contributed by atoms with Crippen LogP contribution in [-0.2, 0) is 34.2 Å². The first-order valence-corrected chi connectivity index (χ1v) is 13.2. The molecule has 1 heterocycles. The third-order valence-electron chi connectivity index (χ3n) is 6.13. The molecule has 0 bridgehead atoms. The van der Waals surface area contributed by atoms with E-state index in [1.165, 1.54) is 17.7 Å². The highest BCUT2D eigenvalue weighted by Gasteiger charge is 2.21. The predicted octanol–water partition coefficient (Wildman–Crippen LogP) is 3.19. The minimum Gasteiger partial charge on any atom is -0.493 e. The average molecular weight is 511 g/mol. The molecule has 3 aromatic carbocycles. The Morgan fingerprint density at radius 2 is 1.67 bits per heavy atom. The Morgan fingerprint density at radius 3 is 2.39 bits per heavy atom. The van der Waals surface area contributed by atoms with Crippen LogP contribution in [0, 0.1) is 0 Å². The highest BCUT2D eigenvalue weighted by Crippen LogP contribution is 2.27. The van der Waals surface area contributed by atoms with E-state index in [1.807, 2.05) is 30.3 Å². The van der Waals surface area contributed by atoms with Crippen LogP contribution in [0.15, 0.2) is 71.6 Å². The lowest BCUT2D eigenvalue weighted by Crippen LogP contribution is -2.38. The first-order chi connectivity index (χ1) is 17.4. The van der Waals surface area contributed by atoms with Gasteiger partial charge in [-0.1, -0.05) is 30.3 Å². The Bertz CT molecular complexity index is 1310. The highest BCUT2D eigenvalue weighted by atomic mass is 32.2. The number of nitrogens with one attached hydrogen (secondary N) is 1. The van der Waals surface area contributed by atoms with Gasteiger partial charge in [0.15, 0.2) is 18.1 Å². The molecule has 1 aliphatic rings. The molecular formula is C27H30N2O6S. The fourth-order valence-electron chi connectivity index (χ4n) is 4.11. The number of methoxy groups -OCH3 is 2. The van der Waals surface area contributed by atoms with Crippen molar-refractivity contribution >= 4 is 15.9 Å². The molecule has 0 fully saturated rings. The lowest BCUT2D eigenvalue weighted by molar-refractivity contribution is -0.134. The van der Waals surface area contributed by atoms with Crippen LogP contribution in [0.25, 0.3) is 0 Å². The van der Waals surface area contributed by atoms with Gasteiger partial charge in [-0.3, -0.25) is 4.79 Å². The maximum atomic E-state index is 12.7. The summed E-state index contributed by atoms with van der Waals surface area (Å²) in [5.41, 5.74) is 3.35. The molecule has 3 aromatic rings. The van der Waals surface area contributed by atoms with Crippen molar-refractivity contribution in [3.05, 3.63) is 83.4 Å². The van der Waals surface area contributed by atoms with Crippen LogP contribution in [0.4, 0.5) is 0 Å². The van der Waals surface area contributed by atoms with E-state index in [0.29, 0.717) is 36.8 Å². The summed E-state index contributed by atoms with van der Waals surface area (Å²) in [4.78, 5) is 14.5. The lowest BCUT2D eigenvalue weighted by Gasteiger charge is -2.28. The first-order valence-electron chi connectivity index (χ1n) is 11.7. The second-order valence-corrected chi connectivity index (χ2v) is 10.2. The monoisotopic (exact) mass is 510 g/mol. The quantitative estimate of drug-likeness (QED) is 0.450. The normalized spacial score (nSPS) is 13.1. The molecular weight excluding hydrogens is 480 g/mol. The number of sulfonamides is 1. The number of amides is 1. The minimum atomic E-state index is -3.69. The van der Waals surface area contributed by atoms with Crippen LogP contribution in [0.3, 0.4) is 0 Å². The zero-order valence-corrected chi connectivity index (χ0v) is 21.2. The van der Waals surface area contributed by atoms with Gasteiger partial charge >= 0.3 is 0 Å². The van der Waals surface area contributed by atoms with Crippen LogP contribution in [0.5, 0.6) is 17.2 Å². The van der Waals surface area contributed by atoms with Crippen LogP contribution in [0.2, 0.25) is 0 Å². The molecule has 8 nitrogen and oxygen atoms in total. The summed E-state index contributed by atoms with van der Waals surface area (Å²) in [7, 11) is -0.570. The van der Waals surface area contributed by atoms with Crippen molar-refractivity contribution < 1.29 is 27.4 Å². The highest BCUT2D eigenvalue weighted by molar-refractivity contribution is 7.89. The van der Waals surface area contributed by atoms with E-state index in [1.54, 1.807) is 37.3 Å². The molecule has 0 saturated carbocycles. The number of rotatable bonds is 10. The smallest absolute Gasteiger partial charge is 0.260 e. The van der Waals surface area contributed by atoms with Crippen molar-refractivity contribution in [1.29, 1.82) is 0 Å². The van der Waals surface area contributed by atoms with Crippen molar-refractivity contribution in [2.24, 2.45) is 0 Å². The van der Waals surface area contributed by atoms with Gasteiger partial charge < -0.3 is 19.1 Å². The largest absolute Gasteiger partial charge is 0.493 e. The molecule has 36 heavy (non-hydrogen) atoms. The second-order valence-electron chi connectivity index (χ2n) is 8.43. The van der Waals surface area contributed by atoms with Gasteiger partial charge in [0.05, 0.1) is 19.1 Å². The molecule has 0 aliphatic carbocycles. The van der Waals surface area contributed by atoms with E-state index in [-0.39, 0.29) is 24.0 Å². The SMILES string of the molecule is COc1ccc(CCNS(=O)(=O)c2ccc(OCC(=O)N3CCc4ccccc4C3)cc2)cc1OC. The van der Waals surface area contributed by atoms with E-state index in [4.69, 9.17) is 14.2 Å². The summed E-state index contributed by atoms with van der Waals surface area (Å²) in [5.74, 6) is 1.55. The van der Waals surface area contributed by atoms with Crippen LogP contribution in [-0.4, -0.2) is 53.1 Å². The molecule has 190 valence electrons. The van der Waals surface area contributed by atoms with E-state index < -0.39 is 10.0 Å². The summed E-state index contributed by atoms with van der Waals surface area (Å²) >= 11 is 0. The number of carbonyl (C=O) groups excluding carboxylic acids is 1. The third kappa shape index (κ3) is 6.16. The number of hydrogen-bond donors (Lipinski definition) is 1. The van der Waals surface area contributed by atoms with Crippen molar-refractivity contribution in [1.82, 2.24) is 9.62 Å². The molecule has 0 unspecified atom stereocenters. The van der Waals surface area contributed by atoms with Gasteiger partial charge in [-0.25, -0.2) is 13.1 Å². The molecule has 0 aromatic heterocycles. The first kappa shape index (κ1) is 25.5. The summed E-state index contributed by atoms with van der Waals surface area (Å²) in [6.07, 6.45) is 1.32. The number of hydrogen-bond acceptors (Lipinski definition) is 6. The lowest BCUT2D eigenvalue weighted by atomic mass is 10.00. The van der Waals surface area contributed by atoms with Crippen LogP contribution < -0.4 is 18.9 Å². The number of nitrogens with zero attached hydrogens (tertiary/aromatic N) is 1. The predicted molar refractivity (Wildman–Crippen MR) is 136 cm³/mol. The van der Waals surface area contributed by atoms with E-state index in [9.17, 15) is 13.2 Å². The molecule has 0 radical (unpaired) electrons. The Hall–Kier alpha value is -3.56. The number of benzene rings is 3. The maximum Gasteiger partial charge on any atom is 0.260 e. The standard InChI is InChI=1S/C27H30N2O6S/c1-33-25-12-7-20(17-26(25)34-2)13-15-28-36(31,32)24-10-8-23(9-11-24)35-19-27(30)29-16-14-21-5-3-4-6-22(21)18-29/h3-12,17,28H,13-16,18-19H2,1-2H3. The van der Waals surface area contributed by atoms with Crippen molar-refractivity contribution in [2.45, 2.75) is 24.3 Å². The van der Waals surface area contributed by atoms with Gasteiger partial charge in [-0.2, -0.15) is 0 Å². The fourth-order valence-corrected chi connectivity index (χ4v) is 5.14. The molecule has 9 heteroatoms. The van der Waals surface area contributed by atoms with Gasteiger partial charge in [0.2, 0.25) is 10.0 Å². The second kappa shape index (κ2) is 11.5. The van der Waals surface area contributed by atoms with Crippen molar-refractivity contribution in [3.63, 3.8) is 0 Å². The zero-order chi connectivity index (χ0) is 25.5. The van der Waals surface area contributed by atoms with Gasteiger partial charge in [-0.05, 0) is 65.9 Å². The number of carbonyl (C=O) groups is 1. The molecule has 0 atom stereocenters.